The maximum absolute atomic E-state index is 9.55. The predicted molar refractivity (Wildman–Crippen MR) is 60.0 cm³/mol. The molecule has 0 saturated carbocycles. The minimum atomic E-state index is -0.554. The van der Waals surface area contributed by atoms with Crippen molar-refractivity contribution >= 4 is 17.4 Å². The van der Waals surface area contributed by atoms with Crippen LogP contribution >= 0.6 is 11.3 Å². The van der Waals surface area contributed by atoms with Crippen molar-refractivity contribution in [2.45, 2.75) is 26.4 Å². The zero-order chi connectivity index (χ0) is 10.6. The first-order valence-corrected chi connectivity index (χ1v) is 5.23. The Hall–Kier alpha value is -1.11. The van der Waals surface area contributed by atoms with Gasteiger partial charge in [0.1, 0.15) is 0 Å². The lowest BCUT2D eigenvalue weighted by Gasteiger charge is -2.05. The molecule has 0 spiro atoms. The molecule has 0 aliphatic rings. The van der Waals surface area contributed by atoms with Gasteiger partial charge in [0.2, 0.25) is 0 Å². The molecular formula is C11H13NOS. The van der Waals surface area contributed by atoms with E-state index in [0.717, 1.165) is 16.3 Å². The molecule has 1 rings (SSSR count). The summed E-state index contributed by atoms with van der Waals surface area (Å²) in [7, 11) is 0. The zero-order valence-electron chi connectivity index (χ0n) is 8.32. The Morgan fingerprint density at radius 1 is 1.86 bits per heavy atom. The van der Waals surface area contributed by atoms with Crippen LogP contribution in [0.4, 0.5) is 0 Å². The summed E-state index contributed by atoms with van der Waals surface area (Å²) in [6.07, 6.45) is 6.78. The Kier molecular flexibility index (Phi) is 3.87. The van der Waals surface area contributed by atoms with Crippen molar-refractivity contribution in [2.24, 2.45) is 0 Å². The lowest BCUT2D eigenvalue weighted by molar-refractivity contribution is 0.218. The number of aromatic nitrogens is 1. The summed E-state index contributed by atoms with van der Waals surface area (Å²) in [6, 6.07) is 0. The minimum Gasteiger partial charge on any atom is -0.388 e. The molecule has 1 aromatic rings. The van der Waals surface area contributed by atoms with Crippen molar-refractivity contribution in [1.82, 2.24) is 4.98 Å². The predicted octanol–water partition coefficient (Wildman–Crippen LogP) is 2.24. The Morgan fingerprint density at radius 2 is 2.57 bits per heavy atom. The Balaban J connectivity index is 2.73. The number of thiazole rings is 1. The highest BCUT2D eigenvalue weighted by molar-refractivity contribution is 7.09. The van der Waals surface area contributed by atoms with Gasteiger partial charge in [0, 0.05) is 11.8 Å². The highest BCUT2D eigenvalue weighted by Gasteiger charge is 2.04. The van der Waals surface area contributed by atoms with Crippen LogP contribution in [-0.2, 0) is 0 Å². The molecule has 0 aromatic carbocycles. The van der Waals surface area contributed by atoms with Crippen LogP contribution in [0.5, 0.6) is 0 Å². The summed E-state index contributed by atoms with van der Waals surface area (Å²) >= 11 is 1.59. The van der Waals surface area contributed by atoms with Gasteiger partial charge in [0.25, 0.3) is 0 Å². The van der Waals surface area contributed by atoms with E-state index < -0.39 is 6.10 Å². The molecule has 0 unspecified atom stereocenters. The van der Waals surface area contributed by atoms with Crippen molar-refractivity contribution in [1.29, 1.82) is 0 Å². The molecule has 1 aromatic heterocycles. The van der Waals surface area contributed by atoms with Crippen LogP contribution in [0.3, 0.4) is 0 Å². The minimum absolute atomic E-state index is 0.353. The third-order valence-electron chi connectivity index (χ3n) is 1.85. The molecule has 0 fully saturated rings. The van der Waals surface area contributed by atoms with Gasteiger partial charge in [-0.3, -0.25) is 0 Å². The molecule has 0 radical (unpaired) electrons. The van der Waals surface area contributed by atoms with E-state index in [-0.39, 0.29) is 0 Å². The molecule has 0 amide bonds. The third-order valence-corrected chi connectivity index (χ3v) is 2.64. The largest absolute Gasteiger partial charge is 0.388 e. The van der Waals surface area contributed by atoms with E-state index in [1.54, 1.807) is 11.3 Å². The van der Waals surface area contributed by atoms with Crippen LogP contribution < -0.4 is 0 Å². The normalized spacial score (nSPS) is 13.7. The van der Waals surface area contributed by atoms with E-state index in [4.69, 9.17) is 6.42 Å². The van der Waals surface area contributed by atoms with Crippen molar-refractivity contribution in [3.8, 4) is 12.3 Å². The smallest absolute Gasteiger partial charge is 0.0901 e. The van der Waals surface area contributed by atoms with E-state index in [1.807, 2.05) is 25.3 Å². The number of aliphatic hydroxyl groups is 1. The monoisotopic (exact) mass is 207 g/mol. The summed E-state index contributed by atoms with van der Waals surface area (Å²) in [6.45, 7) is 3.81. The molecule has 14 heavy (non-hydrogen) atoms. The summed E-state index contributed by atoms with van der Waals surface area (Å²) in [5.74, 6) is 2.43. The van der Waals surface area contributed by atoms with E-state index in [1.165, 1.54) is 0 Å². The number of hydrogen-bond acceptors (Lipinski definition) is 3. The van der Waals surface area contributed by atoms with Crippen molar-refractivity contribution in [2.75, 3.05) is 0 Å². The number of nitrogens with zero attached hydrogens (tertiary/aromatic N) is 1. The third kappa shape index (κ3) is 2.99. The van der Waals surface area contributed by atoms with Crippen molar-refractivity contribution in [3.63, 3.8) is 0 Å². The lowest BCUT2D eigenvalue weighted by atomic mass is 10.1. The molecular weight excluding hydrogens is 194 g/mol. The summed E-state index contributed by atoms with van der Waals surface area (Å²) in [4.78, 5) is 4.27. The van der Waals surface area contributed by atoms with Crippen LogP contribution in [0.15, 0.2) is 11.0 Å². The highest BCUT2D eigenvalue weighted by Crippen LogP contribution is 2.14. The molecule has 3 heteroatoms. The van der Waals surface area contributed by atoms with Crippen molar-refractivity contribution in [3.05, 3.63) is 21.7 Å². The molecule has 1 N–H and O–H groups in total. The van der Waals surface area contributed by atoms with E-state index in [0.29, 0.717) is 6.42 Å². The molecule has 0 saturated heterocycles. The standard InChI is InChI=1S/C11H13NOS/c1-4-5-11(13)8(2)6-10-7-14-9(3)12-10/h1,6-7,11,13H,5H2,2-3H3/b8-6+/t11-/m0/s1. The van der Waals surface area contributed by atoms with Crippen LogP contribution in [0.1, 0.15) is 24.0 Å². The average molecular weight is 207 g/mol. The first kappa shape index (κ1) is 11.0. The van der Waals surface area contributed by atoms with Crippen LogP contribution in [0.25, 0.3) is 6.08 Å². The molecule has 0 bridgehead atoms. The van der Waals surface area contributed by atoms with Gasteiger partial charge in [-0.2, -0.15) is 0 Å². The second-order valence-electron chi connectivity index (χ2n) is 3.10. The molecule has 1 heterocycles. The molecule has 2 nitrogen and oxygen atoms in total. The first-order valence-electron chi connectivity index (χ1n) is 4.35. The summed E-state index contributed by atoms with van der Waals surface area (Å²) < 4.78 is 0. The van der Waals surface area contributed by atoms with Gasteiger partial charge < -0.3 is 5.11 Å². The number of terminal acetylenes is 1. The first-order chi connectivity index (χ1) is 6.63. The van der Waals surface area contributed by atoms with Gasteiger partial charge in [-0.05, 0) is 25.5 Å². The fraction of sp³-hybridized carbons (Fsp3) is 0.364. The van der Waals surface area contributed by atoms with Gasteiger partial charge in [-0.1, -0.05) is 0 Å². The molecule has 0 aliphatic heterocycles. The Morgan fingerprint density at radius 3 is 3.07 bits per heavy atom. The van der Waals surface area contributed by atoms with Crippen molar-refractivity contribution < 1.29 is 5.11 Å². The van der Waals surface area contributed by atoms with Crippen LogP contribution in [0.2, 0.25) is 0 Å². The number of aryl methyl sites for hydroxylation is 1. The fourth-order valence-electron chi connectivity index (χ4n) is 1.05. The van der Waals surface area contributed by atoms with E-state index >= 15 is 0 Å². The van der Waals surface area contributed by atoms with Gasteiger partial charge in [-0.15, -0.1) is 23.7 Å². The average Bonchev–Trinajstić information content (AvgIpc) is 2.51. The number of aliphatic hydroxyl groups excluding tert-OH is 1. The maximum Gasteiger partial charge on any atom is 0.0901 e. The topological polar surface area (TPSA) is 33.1 Å². The maximum atomic E-state index is 9.55. The highest BCUT2D eigenvalue weighted by atomic mass is 32.1. The van der Waals surface area contributed by atoms with E-state index in [9.17, 15) is 5.11 Å². The van der Waals surface area contributed by atoms with Crippen LogP contribution in [-0.4, -0.2) is 16.2 Å². The SMILES string of the molecule is C#CC[C@H](O)/C(C)=C/c1csc(C)n1. The second-order valence-corrected chi connectivity index (χ2v) is 4.17. The molecule has 0 aliphatic carbocycles. The number of hydrogen-bond donors (Lipinski definition) is 1. The van der Waals surface area contributed by atoms with Gasteiger partial charge in [-0.25, -0.2) is 4.98 Å². The van der Waals surface area contributed by atoms with E-state index in [2.05, 4.69) is 10.9 Å². The van der Waals surface area contributed by atoms with Gasteiger partial charge in [0.05, 0.1) is 16.8 Å². The van der Waals surface area contributed by atoms with Gasteiger partial charge >= 0.3 is 0 Å². The zero-order valence-corrected chi connectivity index (χ0v) is 9.14. The summed E-state index contributed by atoms with van der Waals surface area (Å²) in [5, 5.41) is 12.5. The number of rotatable bonds is 3. The lowest BCUT2D eigenvalue weighted by Crippen LogP contribution is -2.06. The molecule has 1 atom stereocenters. The van der Waals surface area contributed by atoms with Crippen LogP contribution in [0, 0.1) is 19.3 Å². The van der Waals surface area contributed by atoms with Gasteiger partial charge in [0.15, 0.2) is 0 Å². The summed E-state index contributed by atoms with van der Waals surface area (Å²) in [5.41, 5.74) is 1.74. The second kappa shape index (κ2) is 4.94. The Labute approximate surface area is 88.3 Å². The Bertz CT molecular complexity index is 373. The fourth-order valence-corrected chi connectivity index (χ4v) is 1.62. The molecule has 74 valence electrons. The quantitative estimate of drug-likeness (QED) is 0.771.